The minimum Gasteiger partial charge on any atom is -0.497 e. The van der Waals surface area contributed by atoms with Gasteiger partial charge in [0.2, 0.25) is 5.91 Å². The lowest BCUT2D eigenvalue weighted by atomic mass is 10.2. The molecule has 0 unspecified atom stereocenters. The zero-order valence-corrected chi connectivity index (χ0v) is 15.8. The maximum absolute atomic E-state index is 12.4. The lowest BCUT2D eigenvalue weighted by Gasteiger charge is -2.36. The minimum atomic E-state index is 0.167. The van der Waals surface area contributed by atoms with Crippen LogP contribution >= 0.6 is 0 Å². The molecule has 6 nitrogen and oxygen atoms in total. The number of anilines is 1. The number of nitrogens with one attached hydrogen (secondary N) is 1. The van der Waals surface area contributed by atoms with Crippen molar-refractivity contribution >= 4 is 11.6 Å². The van der Waals surface area contributed by atoms with Gasteiger partial charge in [-0.15, -0.1) is 0 Å². The van der Waals surface area contributed by atoms with Crippen molar-refractivity contribution < 1.29 is 14.4 Å². The molecule has 0 atom stereocenters. The maximum Gasteiger partial charge on any atom is 0.224 e. The van der Waals surface area contributed by atoms with Crippen LogP contribution in [-0.2, 0) is 16.2 Å². The van der Waals surface area contributed by atoms with E-state index in [-0.39, 0.29) is 5.91 Å². The van der Waals surface area contributed by atoms with Gasteiger partial charge in [0.05, 0.1) is 13.7 Å². The molecule has 1 heterocycles. The van der Waals surface area contributed by atoms with Crippen LogP contribution in [0, 0.1) is 0 Å². The first-order chi connectivity index (χ1) is 13.3. The van der Waals surface area contributed by atoms with Crippen LogP contribution in [0.1, 0.15) is 12.0 Å². The van der Waals surface area contributed by atoms with Gasteiger partial charge in [-0.25, -0.2) is 5.48 Å². The number of ether oxygens (including phenoxy) is 1. The number of hydrogen-bond donors (Lipinski definition) is 1. The molecule has 1 fully saturated rings. The van der Waals surface area contributed by atoms with Crippen LogP contribution in [0.2, 0.25) is 0 Å². The zero-order valence-electron chi connectivity index (χ0n) is 15.8. The van der Waals surface area contributed by atoms with Crippen molar-refractivity contribution in [1.82, 2.24) is 10.4 Å². The van der Waals surface area contributed by atoms with Crippen LogP contribution in [0.15, 0.2) is 54.6 Å². The highest BCUT2D eigenvalue weighted by atomic mass is 16.6. The highest BCUT2D eigenvalue weighted by molar-refractivity contribution is 5.76. The van der Waals surface area contributed by atoms with Crippen molar-refractivity contribution in [2.75, 3.05) is 44.7 Å². The lowest BCUT2D eigenvalue weighted by Crippen LogP contribution is -2.49. The Bertz CT molecular complexity index is 698. The highest BCUT2D eigenvalue weighted by Gasteiger charge is 2.20. The topological polar surface area (TPSA) is 54.0 Å². The first-order valence-corrected chi connectivity index (χ1v) is 9.31. The van der Waals surface area contributed by atoms with Gasteiger partial charge in [0.15, 0.2) is 0 Å². The summed E-state index contributed by atoms with van der Waals surface area (Å²) in [7, 11) is 1.67. The van der Waals surface area contributed by atoms with Crippen molar-refractivity contribution in [2.24, 2.45) is 0 Å². The average molecular weight is 369 g/mol. The van der Waals surface area contributed by atoms with Crippen LogP contribution in [0.25, 0.3) is 0 Å². The predicted octanol–water partition coefficient (Wildman–Crippen LogP) is 2.46. The van der Waals surface area contributed by atoms with Crippen LogP contribution in [0.4, 0.5) is 5.69 Å². The Balaban J connectivity index is 1.33. The monoisotopic (exact) mass is 369 g/mol. The molecule has 1 aliphatic rings. The van der Waals surface area contributed by atoms with E-state index in [9.17, 15) is 4.79 Å². The summed E-state index contributed by atoms with van der Waals surface area (Å²) in [5, 5.41) is 0. The molecule has 27 heavy (non-hydrogen) atoms. The lowest BCUT2D eigenvalue weighted by molar-refractivity contribution is -0.132. The number of hydroxylamine groups is 1. The van der Waals surface area contributed by atoms with Crippen molar-refractivity contribution in [3.05, 3.63) is 60.2 Å². The smallest absolute Gasteiger partial charge is 0.224 e. The van der Waals surface area contributed by atoms with E-state index in [2.05, 4.69) is 22.5 Å². The Morgan fingerprint density at radius 2 is 1.70 bits per heavy atom. The Labute approximate surface area is 160 Å². The predicted molar refractivity (Wildman–Crippen MR) is 106 cm³/mol. The number of nitrogens with zero attached hydrogens (tertiary/aromatic N) is 2. The standard InChI is InChI=1S/C21H27N3O3/c1-26-20-9-7-19(8-10-20)23-13-15-24(16-14-23)21(25)11-12-22-27-17-18-5-3-2-4-6-18/h2-10,22H,11-17H2,1H3. The number of rotatable bonds is 8. The Morgan fingerprint density at radius 1 is 1.00 bits per heavy atom. The maximum atomic E-state index is 12.4. The van der Waals surface area contributed by atoms with E-state index in [1.165, 1.54) is 5.69 Å². The second-order valence-corrected chi connectivity index (χ2v) is 6.48. The van der Waals surface area contributed by atoms with Gasteiger partial charge in [0.25, 0.3) is 0 Å². The van der Waals surface area contributed by atoms with E-state index >= 15 is 0 Å². The molecule has 1 saturated heterocycles. The van der Waals surface area contributed by atoms with Gasteiger partial charge in [-0.05, 0) is 29.8 Å². The molecule has 2 aromatic rings. The molecule has 0 radical (unpaired) electrons. The van der Waals surface area contributed by atoms with Crippen molar-refractivity contribution in [1.29, 1.82) is 0 Å². The van der Waals surface area contributed by atoms with Gasteiger partial charge in [0, 0.05) is 44.8 Å². The van der Waals surface area contributed by atoms with E-state index in [1.807, 2.05) is 47.4 Å². The van der Waals surface area contributed by atoms with E-state index in [1.54, 1.807) is 7.11 Å². The second-order valence-electron chi connectivity index (χ2n) is 6.48. The highest BCUT2D eigenvalue weighted by Crippen LogP contribution is 2.20. The Kier molecular flexibility index (Phi) is 7.07. The number of methoxy groups -OCH3 is 1. The number of carbonyl (C=O) groups is 1. The Hall–Kier alpha value is -2.57. The normalized spacial score (nSPS) is 14.3. The second kappa shape index (κ2) is 9.94. The summed E-state index contributed by atoms with van der Waals surface area (Å²) in [5.74, 6) is 1.02. The van der Waals surface area contributed by atoms with Crippen LogP contribution < -0.4 is 15.1 Å². The van der Waals surface area contributed by atoms with E-state index in [0.717, 1.165) is 37.5 Å². The van der Waals surface area contributed by atoms with Crippen LogP contribution in [0.5, 0.6) is 5.75 Å². The van der Waals surface area contributed by atoms with Gasteiger partial charge in [-0.3, -0.25) is 9.63 Å². The summed E-state index contributed by atoms with van der Waals surface area (Å²) in [4.78, 5) is 22.0. The summed E-state index contributed by atoms with van der Waals surface area (Å²) in [6.07, 6.45) is 0.442. The molecule has 1 amide bonds. The number of carbonyl (C=O) groups excluding carboxylic acids is 1. The van der Waals surface area contributed by atoms with Crippen LogP contribution in [-0.4, -0.2) is 50.6 Å². The zero-order chi connectivity index (χ0) is 18.9. The molecule has 3 rings (SSSR count). The van der Waals surface area contributed by atoms with Crippen molar-refractivity contribution in [3.63, 3.8) is 0 Å². The van der Waals surface area contributed by atoms with Gasteiger partial charge in [-0.2, -0.15) is 0 Å². The van der Waals surface area contributed by atoms with E-state index < -0.39 is 0 Å². The molecular weight excluding hydrogens is 342 g/mol. The molecule has 0 saturated carbocycles. The molecule has 0 spiro atoms. The number of amides is 1. The first kappa shape index (κ1) is 19.2. The molecule has 0 bridgehead atoms. The third-order valence-corrected chi connectivity index (χ3v) is 4.69. The summed E-state index contributed by atoms with van der Waals surface area (Å²) in [6, 6.07) is 18.0. The quantitative estimate of drug-likeness (QED) is 0.572. The molecule has 0 aliphatic carbocycles. The third-order valence-electron chi connectivity index (χ3n) is 4.69. The van der Waals surface area contributed by atoms with Gasteiger partial charge in [-0.1, -0.05) is 30.3 Å². The van der Waals surface area contributed by atoms with Crippen molar-refractivity contribution in [3.8, 4) is 5.75 Å². The average Bonchev–Trinajstić information content (AvgIpc) is 2.74. The minimum absolute atomic E-state index is 0.167. The fourth-order valence-corrected chi connectivity index (χ4v) is 3.10. The van der Waals surface area contributed by atoms with Gasteiger partial charge < -0.3 is 14.5 Å². The summed E-state index contributed by atoms with van der Waals surface area (Å²) >= 11 is 0. The summed E-state index contributed by atoms with van der Waals surface area (Å²) < 4.78 is 5.20. The molecule has 1 N–H and O–H groups in total. The molecule has 6 heteroatoms. The fourth-order valence-electron chi connectivity index (χ4n) is 3.10. The third kappa shape index (κ3) is 5.70. The molecule has 0 aromatic heterocycles. The Morgan fingerprint density at radius 3 is 2.37 bits per heavy atom. The SMILES string of the molecule is COc1ccc(N2CCN(C(=O)CCNOCc3ccccc3)CC2)cc1. The molecule has 2 aromatic carbocycles. The number of piperazine rings is 1. The molecule has 144 valence electrons. The molecule has 1 aliphatic heterocycles. The van der Waals surface area contributed by atoms with Crippen LogP contribution in [0.3, 0.4) is 0 Å². The number of hydrogen-bond acceptors (Lipinski definition) is 5. The molecular formula is C21H27N3O3. The fraction of sp³-hybridized carbons (Fsp3) is 0.381. The first-order valence-electron chi connectivity index (χ1n) is 9.31. The van der Waals surface area contributed by atoms with Gasteiger partial charge in [0.1, 0.15) is 5.75 Å². The van der Waals surface area contributed by atoms with E-state index in [0.29, 0.717) is 19.6 Å². The summed E-state index contributed by atoms with van der Waals surface area (Å²) in [5.41, 5.74) is 5.15. The number of benzene rings is 2. The van der Waals surface area contributed by atoms with Gasteiger partial charge >= 0.3 is 0 Å². The van der Waals surface area contributed by atoms with Crippen molar-refractivity contribution in [2.45, 2.75) is 13.0 Å². The van der Waals surface area contributed by atoms with E-state index in [4.69, 9.17) is 9.57 Å². The summed E-state index contributed by atoms with van der Waals surface area (Å²) in [6.45, 7) is 4.19. The largest absolute Gasteiger partial charge is 0.497 e.